The van der Waals surface area contributed by atoms with Crippen LogP contribution in [0.3, 0.4) is 0 Å². The van der Waals surface area contributed by atoms with Crippen molar-refractivity contribution in [1.82, 2.24) is 0 Å². The average Bonchev–Trinajstić information content (AvgIpc) is 2.41. The normalized spacial score (nSPS) is 26.8. The number of fused-ring (bicyclic) bond motifs is 1. The third kappa shape index (κ3) is 3.85. The van der Waals surface area contributed by atoms with E-state index in [-0.39, 0.29) is 0 Å². The highest BCUT2D eigenvalue weighted by atomic mass is 28.3. The van der Waals surface area contributed by atoms with E-state index in [2.05, 4.69) is 45.4 Å². The Labute approximate surface area is 139 Å². The highest BCUT2D eigenvalue weighted by Gasteiger charge is 2.42. The van der Waals surface area contributed by atoms with Crippen LogP contribution in [-0.2, 0) is 0 Å². The van der Waals surface area contributed by atoms with Crippen molar-refractivity contribution >= 4 is 16.1 Å². The van der Waals surface area contributed by atoms with E-state index < -0.39 is 16.1 Å². The first-order chi connectivity index (χ1) is 10.2. The topological polar surface area (TPSA) is 20.2 Å². The molecule has 1 fully saturated rings. The number of hydrogen-bond donors (Lipinski definition) is 1. The van der Waals surface area contributed by atoms with Crippen molar-refractivity contribution in [2.45, 2.75) is 83.3 Å². The van der Waals surface area contributed by atoms with Crippen LogP contribution >= 0.6 is 0 Å². The maximum absolute atomic E-state index is 9.32. The van der Waals surface area contributed by atoms with E-state index in [0.717, 1.165) is 24.3 Å². The summed E-state index contributed by atoms with van der Waals surface area (Å²) in [5, 5.41) is 11.1. The summed E-state index contributed by atoms with van der Waals surface area (Å²) < 4.78 is 0. The zero-order valence-electron chi connectivity index (χ0n) is 15.6. The number of rotatable bonds is 5. The van der Waals surface area contributed by atoms with Crippen molar-refractivity contribution in [3.05, 3.63) is 22.4 Å². The fraction of sp³-hybridized carbons (Fsp3) is 0.789. The molecule has 3 heteroatoms. The third-order valence-electron chi connectivity index (χ3n) is 5.50. The second kappa shape index (κ2) is 6.78. The zero-order chi connectivity index (χ0) is 16.5. The minimum atomic E-state index is -1.28. The van der Waals surface area contributed by atoms with Crippen LogP contribution in [0, 0.1) is 5.92 Å². The molecule has 0 amide bonds. The van der Waals surface area contributed by atoms with Gasteiger partial charge in [0.15, 0.2) is 0 Å². The number of aliphatic hydroxyl groups excluding tert-OH is 1. The molecule has 2 unspecified atom stereocenters. The van der Waals surface area contributed by atoms with Crippen LogP contribution < -0.4 is 0 Å². The maximum atomic E-state index is 9.32. The molecule has 1 saturated carbocycles. The van der Waals surface area contributed by atoms with Crippen LogP contribution in [0.2, 0.25) is 44.8 Å². The second-order valence-electron chi connectivity index (χ2n) is 9.43. The van der Waals surface area contributed by atoms with Gasteiger partial charge in [0.05, 0.1) is 16.1 Å². The van der Waals surface area contributed by atoms with Crippen LogP contribution in [-0.4, -0.2) is 27.9 Å². The van der Waals surface area contributed by atoms with Crippen molar-refractivity contribution in [2.24, 2.45) is 5.92 Å². The predicted octanol–water partition coefficient (Wildman–Crippen LogP) is 5.77. The summed E-state index contributed by atoms with van der Waals surface area (Å²) in [4.78, 5) is 0. The predicted molar refractivity (Wildman–Crippen MR) is 104 cm³/mol. The lowest BCUT2D eigenvalue weighted by Crippen LogP contribution is -2.41. The fourth-order valence-electron chi connectivity index (χ4n) is 4.74. The molecule has 2 aliphatic rings. The Morgan fingerprint density at radius 3 is 2.32 bits per heavy atom. The number of hydrogen-bond acceptors (Lipinski definition) is 1. The van der Waals surface area contributed by atoms with Crippen LogP contribution in [0.15, 0.2) is 22.4 Å². The molecule has 0 spiro atoms. The van der Waals surface area contributed by atoms with Gasteiger partial charge in [0.25, 0.3) is 0 Å². The third-order valence-corrected chi connectivity index (χ3v) is 10.2. The van der Waals surface area contributed by atoms with Gasteiger partial charge in [0, 0.05) is 6.61 Å². The minimum absolute atomic E-state index is 0.333. The molecule has 1 nitrogen and oxygen atoms in total. The van der Waals surface area contributed by atoms with Crippen LogP contribution in [0.5, 0.6) is 0 Å². The summed E-state index contributed by atoms with van der Waals surface area (Å²) in [5.41, 5.74) is 4.36. The van der Waals surface area contributed by atoms with Crippen molar-refractivity contribution in [1.29, 1.82) is 0 Å². The molecule has 1 N–H and O–H groups in total. The van der Waals surface area contributed by atoms with E-state index in [0.29, 0.717) is 6.61 Å². The van der Waals surface area contributed by atoms with Gasteiger partial charge in [-0.25, -0.2) is 0 Å². The summed E-state index contributed by atoms with van der Waals surface area (Å²) in [6.45, 7) is 15.5. The van der Waals surface area contributed by atoms with Gasteiger partial charge < -0.3 is 5.11 Å². The molecule has 2 atom stereocenters. The van der Waals surface area contributed by atoms with Gasteiger partial charge in [-0.1, -0.05) is 68.1 Å². The molecule has 2 rings (SSSR count). The molecular weight excluding hydrogens is 300 g/mol. The van der Waals surface area contributed by atoms with E-state index >= 15 is 0 Å². The SMILES string of the molecule is C[Si](C)(C)C1=C2CCCCC2C([Si](C)(C)C)C(CCCO)=C1. The van der Waals surface area contributed by atoms with Crippen LogP contribution in [0.25, 0.3) is 0 Å². The van der Waals surface area contributed by atoms with Crippen molar-refractivity contribution in [3.8, 4) is 0 Å². The largest absolute Gasteiger partial charge is 0.396 e. The van der Waals surface area contributed by atoms with Gasteiger partial charge >= 0.3 is 0 Å². The van der Waals surface area contributed by atoms with Gasteiger partial charge in [-0.15, -0.1) is 0 Å². The Bertz CT molecular complexity index is 463. The smallest absolute Gasteiger partial charge is 0.0775 e. The average molecular weight is 337 g/mol. The second-order valence-corrected chi connectivity index (χ2v) is 19.8. The van der Waals surface area contributed by atoms with Crippen molar-refractivity contribution in [3.63, 3.8) is 0 Å². The lowest BCUT2D eigenvalue weighted by molar-refractivity contribution is 0.287. The molecule has 0 aliphatic heterocycles. The fourth-order valence-corrected chi connectivity index (χ4v) is 9.54. The molecule has 0 aromatic rings. The van der Waals surface area contributed by atoms with Crippen LogP contribution in [0.4, 0.5) is 0 Å². The molecule has 0 bridgehead atoms. The first kappa shape index (κ1) is 18.2. The minimum Gasteiger partial charge on any atom is -0.396 e. The Kier molecular flexibility index (Phi) is 5.61. The monoisotopic (exact) mass is 336 g/mol. The molecule has 0 aromatic heterocycles. The lowest BCUT2D eigenvalue weighted by Gasteiger charge is -2.46. The van der Waals surface area contributed by atoms with E-state index in [4.69, 9.17) is 0 Å². The van der Waals surface area contributed by atoms with Crippen molar-refractivity contribution in [2.75, 3.05) is 6.61 Å². The summed E-state index contributed by atoms with van der Waals surface area (Å²) in [5.74, 6) is 0.834. The first-order valence-corrected chi connectivity index (χ1v) is 16.3. The molecule has 0 aromatic carbocycles. The standard InChI is InChI=1S/C19H36OSi2/c1-21(2,3)18-14-15(10-9-13-20)19(22(4,5)6)17-12-8-7-11-16(17)18/h14,17,19-20H,7-13H2,1-6H3. The van der Waals surface area contributed by atoms with Gasteiger partial charge in [-0.3, -0.25) is 0 Å². The van der Waals surface area contributed by atoms with Gasteiger partial charge in [0.1, 0.15) is 0 Å². The van der Waals surface area contributed by atoms with E-state index in [1.807, 2.05) is 5.57 Å². The zero-order valence-corrected chi connectivity index (χ0v) is 17.6. The number of allylic oxidation sites excluding steroid dienone is 4. The van der Waals surface area contributed by atoms with E-state index in [1.54, 1.807) is 10.8 Å². The molecule has 0 saturated heterocycles. The van der Waals surface area contributed by atoms with Crippen molar-refractivity contribution < 1.29 is 5.11 Å². The summed E-state index contributed by atoms with van der Waals surface area (Å²) in [6, 6.07) is 0. The summed E-state index contributed by atoms with van der Waals surface area (Å²) >= 11 is 0. The highest BCUT2D eigenvalue weighted by Crippen LogP contribution is 2.52. The van der Waals surface area contributed by atoms with Gasteiger partial charge in [-0.05, 0) is 43.6 Å². The maximum Gasteiger partial charge on any atom is 0.0775 e. The van der Waals surface area contributed by atoms with E-state index in [1.165, 1.54) is 25.7 Å². The number of aliphatic hydroxyl groups is 1. The molecule has 0 radical (unpaired) electrons. The highest BCUT2D eigenvalue weighted by molar-refractivity contribution is 6.84. The molecule has 22 heavy (non-hydrogen) atoms. The van der Waals surface area contributed by atoms with E-state index in [9.17, 15) is 5.11 Å². The quantitative estimate of drug-likeness (QED) is 0.632. The molecule has 0 heterocycles. The molecular formula is C19H36OSi2. The molecule has 2 aliphatic carbocycles. The Balaban J connectivity index is 2.50. The Hall–Kier alpha value is -0.126. The molecule has 126 valence electrons. The lowest BCUT2D eigenvalue weighted by atomic mass is 9.76. The van der Waals surface area contributed by atoms with Crippen LogP contribution in [0.1, 0.15) is 38.5 Å². The summed E-state index contributed by atoms with van der Waals surface area (Å²) in [7, 11) is -2.51. The Morgan fingerprint density at radius 2 is 1.77 bits per heavy atom. The summed E-state index contributed by atoms with van der Waals surface area (Å²) in [6.07, 6.45) is 10.3. The first-order valence-electron chi connectivity index (χ1n) is 9.21. The van der Waals surface area contributed by atoms with Gasteiger partial charge in [-0.2, -0.15) is 0 Å². The Morgan fingerprint density at radius 1 is 1.09 bits per heavy atom. The van der Waals surface area contributed by atoms with Gasteiger partial charge in [0.2, 0.25) is 0 Å².